The van der Waals surface area contributed by atoms with Crippen molar-refractivity contribution >= 4 is 18.3 Å². The van der Waals surface area contributed by atoms with Crippen molar-refractivity contribution in [3.05, 3.63) is 71.3 Å². The van der Waals surface area contributed by atoms with Crippen molar-refractivity contribution in [2.75, 3.05) is 6.54 Å². The van der Waals surface area contributed by atoms with E-state index in [1.165, 1.54) is 11.1 Å². The Morgan fingerprint density at radius 1 is 1.13 bits per heavy atom. The lowest BCUT2D eigenvalue weighted by Gasteiger charge is -2.19. The monoisotopic (exact) mass is 332 g/mol. The van der Waals surface area contributed by atoms with Crippen molar-refractivity contribution in [3.8, 4) is 0 Å². The number of rotatable bonds is 6. The predicted octanol–water partition coefficient (Wildman–Crippen LogP) is 3.41. The Morgan fingerprint density at radius 3 is 2.48 bits per heavy atom. The molecule has 124 valence electrons. The van der Waals surface area contributed by atoms with E-state index in [1.54, 1.807) is 0 Å². The Hall–Kier alpha value is -1.84. The molecule has 2 aromatic rings. The van der Waals surface area contributed by atoms with Gasteiger partial charge in [0.25, 0.3) is 0 Å². The van der Waals surface area contributed by atoms with Crippen LogP contribution in [0.4, 0.5) is 0 Å². The number of carbonyl (C=O) groups is 1. The predicted molar refractivity (Wildman–Crippen MR) is 97.7 cm³/mol. The van der Waals surface area contributed by atoms with Gasteiger partial charge in [0.2, 0.25) is 5.91 Å². The van der Waals surface area contributed by atoms with Crippen LogP contribution in [0.3, 0.4) is 0 Å². The van der Waals surface area contributed by atoms with Crippen LogP contribution in [0.15, 0.2) is 54.6 Å². The molecule has 0 bridgehead atoms. The molecule has 0 radical (unpaired) electrons. The molecule has 3 nitrogen and oxygen atoms in total. The number of amides is 1. The van der Waals surface area contributed by atoms with Crippen LogP contribution in [0, 0.1) is 12.8 Å². The fourth-order valence-electron chi connectivity index (χ4n) is 2.49. The van der Waals surface area contributed by atoms with Crippen molar-refractivity contribution < 1.29 is 4.79 Å². The quantitative estimate of drug-likeness (QED) is 0.851. The summed E-state index contributed by atoms with van der Waals surface area (Å²) in [5.41, 5.74) is 9.65. The van der Waals surface area contributed by atoms with Gasteiger partial charge in [-0.2, -0.15) is 0 Å². The third-order valence-electron chi connectivity index (χ3n) is 3.93. The summed E-state index contributed by atoms with van der Waals surface area (Å²) in [7, 11) is 0. The van der Waals surface area contributed by atoms with Gasteiger partial charge in [-0.3, -0.25) is 4.79 Å². The lowest BCUT2D eigenvalue weighted by Crippen LogP contribution is -2.36. The molecule has 3 N–H and O–H groups in total. The molecule has 0 saturated heterocycles. The Morgan fingerprint density at radius 2 is 1.83 bits per heavy atom. The minimum atomic E-state index is -0.278. The second-order valence-electron chi connectivity index (χ2n) is 5.76. The zero-order valence-electron chi connectivity index (χ0n) is 13.7. The van der Waals surface area contributed by atoms with E-state index in [2.05, 4.69) is 30.4 Å². The standard InChI is InChI=1S/C19H24N2O.ClH/c1-14-7-6-8-16(13-14)11-12-21-19(22)15(2)18(20)17-9-4-3-5-10-17;/h3-10,13,15,18H,11-12,20H2,1-2H3,(H,21,22);1H. The highest BCUT2D eigenvalue weighted by atomic mass is 35.5. The van der Waals surface area contributed by atoms with Crippen LogP contribution in [0.25, 0.3) is 0 Å². The first-order valence-corrected chi connectivity index (χ1v) is 7.71. The average molecular weight is 333 g/mol. The number of aryl methyl sites for hydroxylation is 1. The van der Waals surface area contributed by atoms with E-state index >= 15 is 0 Å². The molecule has 0 heterocycles. The Bertz CT molecular complexity index is 616. The molecule has 2 rings (SSSR count). The van der Waals surface area contributed by atoms with Crippen molar-refractivity contribution in [2.45, 2.75) is 26.3 Å². The number of halogens is 1. The van der Waals surface area contributed by atoms with Gasteiger partial charge in [0.05, 0.1) is 5.92 Å². The van der Waals surface area contributed by atoms with Crippen molar-refractivity contribution in [3.63, 3.8) is 0 Å². The molecule has 1 amide bonds. The van der Waals surface area contributed by atoms with Crippen molar-refractivity contribution in [2.24, 2.45) is 11.7 Å². The molecular formula is C19H25ClN2O. The zero-order valence-corrected chi connectivity index (χ0v) is 14.5. The Kier molecular flexibility index (Phi) is 7.79. The molecule has 2 atom stereocenters. The summed E-state index contributed by atoms with van der Waals surface area (Å²) in [5, 5.41) is 2.98. The van der Waals surface area contributed by atoms with Crippen LogP contribution in [0.5, 0.6) is 0 Å². The van der Waals surface area contributed by atoms with Crippen LogP contribution in [-0.4, -0.2) is 12.5 Å². The third kappa shape index (κ3) is 5.70. The lowest BCUT2D eigenvalue weighted by atomic mass is 9.94. The molecule has 0 aliphatic heterocycles. The number of nitrogens with one attached hydrogen (secondary N) is 1. The molecule has 0 aliphatic rings. The number of carbonyl (C=O) groups excluding carboxylic acids is 1. The number of nitrogens with two attached hydrogens (primary N) is 1. The fourth-order valence-corrected chi connectivity index (χ4v) is 2.49. The highest BCUT2D eigenvalue weighted by molar-refractivity contribution is 5.85. The Labute approximate surface area is 144 Å². The minimum Gasteiger partial charge on any atom is -0.355 e. The van der Waals surface area contributed by atoms with Gasteiger partial charge < -0.3 is 11.1 Å². The molecule has 0 saturated carbocycles. The molecule has 0 spiro atoms. The molecule has 0 aliphatic carbocycles. The third-order valence-corrected chi connectivity index (χ3v) is 3.93. The van der Waals surface area contributed by atoms with Gasteiger partial charge in [-0.05, 0) is 24.5 Å². The van der Waals surface area contributed by atoms with E-state index < -0.39 is 0 Å². The molecular weight excluding hydrogens is 308 g/mol. The molecule has 0 fully saturated rings. The maximum atomic E-state index is 12.2. The van der Waals surface area contributed by atoms with Crippen molar-refractivity contribution in [1.29, 1.82) is 0 Å². The van der Waals surface area contributed by atoms with Crippen LogP contribution >= 0.6 is 12.4 Å². The van der Waals surface area contributed by atoms with Gasteiger partial charge in [-0.25, -0.2) is 0 Å². The molecule has 0 aromatic heterocycles. The van der Waals surface area contributed by atoms with Gasteiger partial charge in [-0.1, -0.05) is 67.1 Å². The summed E-state index contributed by atoms with van der Waals surface area (Å²) in [5.74, 6) is -0.246. The van der Waals surface area contributed by atoms with Gasteiger partial charge in [-0.15, -0.1) is 12.4 Å². The molecule has 2 unspecified atom stereocenters. The van der Waals surface area contributed by atoms with Crippen molar-refractivity contribution in [1.82, 2.24) is 5.32 Å². The second kappa shape index (κ2) is 9.33. The summed E-state index contributed by atoms with van der Waals surface area (Å²) in [6.45, 7) is 4.58. The smallest absolute Gasteiger partial charge is 0.224 e. The molecule has 23 heavy (non-hydrogen) atoms. The maximum Gasteiger partial charge on any atom is 0.224 e. The van der Waals surface area contributed by atoms with E-state index in [0.29, 0.717) is 6.54 Å². The second-order valence-corrected chi connectivity index (χ2v) is 5.76. The minimum absolute atomic E-state index is 0. The summed E-state index contributed by atoms with van der Waals surface area (Å²) in [6, 6.07) is 17.8. The molecule has 4 heteroatoms. The summed E-state index contributed by atoms with van der Waals surface area (Å²) in [6.07, 6.45) is 0.834. The van der Waals surface area contributed by atoms with E-state index in [9.17, 15) is 4.79 Å². The van der Waals surface area contributed by atoms with Crippen LogP contribution < -0.4 is 11.1 Å². The summed E-state index contributed by atoms with van der Waals surface area (Å²) >= 11 is 0. The van der Waals surface area contributed by atoms with Gasteiger partial charge in [0.15, 0.2) is 0 Å². The SMILES string of the molecule is Cc1cccc(CCNC(=O)C(C)C(N)c2ccccc2)c1.Cl. The number of benzene rings is 2. The Balaban J connectivity index is 0.00000264. The fraction of sp³-hybridized carbons (Fsp3) is 0.316. The van der Waals surface area contributed by atoms with Gasteiger partial charge in [0.1, 0.15) is 0 Å². The van der Waals surface area contributed by atoms with E-state index in [4.69, 9.17) is 5.73 Å². The largest absolute Gasteiger partial charge is 0.355 e. The topological polar surface area (TPSA) is 55.1 Å². The first-order valence-electron chi connectivity index (χ1n) is 7.71. The van der Waals surface area contributed by atoms with E-state index in [0.717, 1.165) is 12.0 Å². The normalized spacial score (nSPS) is 12.8. The zero-order chi connectivity index (χ0) is 15.9. The van der Waals surface area contributed by atoms with Gasteiger partial charge >= 0.3 is 0 Å². The first kappa shape index (κ1) is 19.2. The van der Waals surface area contributed by atoms with E-state index in [-0.39, 0.29) is 30.3 Å². The summed E-state index contributed by atoms with van der Waals surface area (Å²) < 4.78 is 0. The lowest BCUT2D eigenvalue weighted by molar-refractivity contribution is -0.125. The van der Waals surface area contributed by atoms with Gasteiger partial charge in [0, 0.05) is 12.6 Å². The first-order chi connectivity index (χ1) is 10.6. The van der Waals surface area contributed by atoms with Crippen LogP contribution in [-0.2, 0) is 11.2 Å². The maximum absolute atomic E-state index is 12.2. The number of hydrogen-bond acceptors (Lipinski definition) is 2. The van der Waals surface area contributed by atoms with E-state index in [1.807, 2.05) is 43.3 Å². The highest BCUT2D eigenvalue weighted by Gasteiger charge is 2.21. The molecule has 2 aromatic carbocycles. The van der Waals surface area contributed by atoms with Crippen LogP contribution in [0.1, 0.15) is 29.7 Å². The average Bonchev–Trinajstić information content (AvgIpc) is 2.54. The highest BCUT2D eigenvalue weighted by Crippen LogP contribution is 2.18. The van der Waals surface area contributed by atoms with Crippen LogP contribution in [0.2, 0.25) is 0 Å². The number of hydrogen-bond donors (Lipinski definition) is 2. The summed E-state index contributed by atoms with van der Waals surface area (Å²) in [4.78, 5) is 12.2.